The molecule has 1 heterocycles. The van der Waals surface area contributed by atoms with Crippen molar-refractivity contribution >= 4 is 12.6 Å². The summed E-state index contributed by atoms with van der Waals surface area (Å²) in [7, 11) is 0. The topological polar surface area (TPSA) is 47.0 Å². The van der Waals surface area contributed by atoms with Gasteiger partial charge < -0.3 is 0 Å². The molecule has 3 nitrogen and oxygen atoms in total. The van der Waals surface area contributed by atoms with Gasteiger partial charge in [-0.15, -0.1) is 0 Å². The van der Waals surface area contributed by atoms with Crippen LogP contribution in [0, 0.1) is 11.8 Å². The van der Waals surface area contributed by atoms with Crippen molar-refractivity contribution < 1.29 is 9.59 Å². The Hall–Kier alpha value is -1.95. The largest absolute Gasteiger partial charge is 0.296 e. The third kappa shape index (κ3) is 2.03. The van der Waals surface area contributed by atoms with E-state index in [1.807, 2.05) is 0 Å². The Morgan fingerprint density at radius 2 is 2.17 bits per heavy atom. The molecule has 0 spiro atoms. The zero-order valence-electron chi connectivity index (χ0n) is 6.15. The highest BCUT2D eigenvalue weighted by molar-refractivity contribution is 5.74. The van der Waals surface area contributed by atoms with Gasteiger partial charge >= 0.3 is 0 Å². The highest BCUT2D eigenvalue weighted by Gasteiger charge is 1.89. The molecule has 0 saturated carbocycles. The summed E-state index contributed by atoms with van der Waals surface area (Å²) < 4.78 is 0. The molecule has 3 heteroatoms. The standard InChI is InChI=1S/C9H5NO2/c11-5-1-2-8-3-4-9(7-12)10-6-8/h3-7H. The maximum atomic E-state index is 10.2. The highest BCUT2D eigenvalue weighted by atomic mass is 16.1. The van der Waals surface area contributed by atoms with E-state index in [-0.39, 0.29) is 0 Å². The third-order valence-electron chi connectivity index (χ3n) is 1.18. The molecule has 0 amide bonds. The van der Waals surface area contributed by atoms with Crippen LogP contribution in [0.25, 0.3) is 0 Å². The molecule has 1 rings (SSSR count). The lowest BCUT2D eigenvalue weighted by Gasteiger charge is -1.88. The third-order valence-corrected chi connectivity index (χ3v) is 1.18. The van der Waals surface area contributed by atoms with E-state index in [0.29, 0.717) is 23.8 Å². The monoisotopic (exact) mass is 159 g/mol. The summed E-state index contributed by atoms with van der Waals surface area (Å²) in [6, 6.07) is 3.18. The van der Waals surface area contributed by atoms with Gasteiger partial charge in [0.1, 0.15) is 5.69 Å². The molecule has 0 aliphatic rings. The second-order valence-electron chi connectivity index (χ2n) is 1.98. The zero-order valence-corrected chi connectivity index (χ0v) is 6.15. The average molecular weight is 159 g/mol. The summed E-state index contributed by atoms with van der Waals surface area (Å²) >= 11 is 0. The van der Waals surface area contributed by atoms with Crippen LogP contribution in [-0.4, -0.2) is 17.6 Å². The van der Waals surface area contributed by atoms with Crippen molar-refractivity contribution in [1.82, 2.24) is 4.98 Å². The van der Waals surface area contributed by atoms with E-state index >= 15 is 0 Å². The molecule has 1 aromatic heterocycles. The molecule has 12 heavy (non-hydrogen) atoms. The molecule has 1 aromatic rings. The van der Waals surface area contributed by atoms with E-state index in [0.717, 1.165) is 0 Å². The predicted octanol–water partition coefficient (Wildman–Crippen LogP) is 0.444. The molecular formula is C9H5NO2. The fourth-order valence-corrected chi connectivity index (χ4v) is 0.662. The Kier molecular flexibility index (Phi) is 2.74. The van der Waals surface area contributed by atoms with Crippen LogP contribution in [0.3, 0.4) is 0 Å². The van der Waals surface area contributed by atoms with E-state index < -0.39 is 0 Å². The number of aldehydes is 2. The first-order valence-electron chi connectivity index (χ1n) is 3.23. The molecule has 0 aromatic carbocycles. The Labute approximate surface area is 69.4 Å². The van der Waals surface area contributed by atoms with Gasteiger partial charge in [0.15, 0.2) is 12.6 Å². The van der Waals surface area contributed by atoms with Crippen molar-refractivity contribution in [3.63, 3.8) is 0 Å². The van der Waals surface area contributed by atoms with Crippen LogP contribution < -0.4 is 0 Å². The minimum Gasteiger partial charge on any atom is -0.296 e. The number of hydrogen-bond acceptors (Lipinski definition) is 3. The van der Waals surface area contributed by atoms with E-state index in [1.54, 1.807) is 12.1 Å². The number of pyridine rings is 1. The van der Waals surface area contributed by atoms with Crippen LogP contribution in [0.2, 0.25) is 0 Å². The molecule has 0 bridgehead atoms. The van der Waals surface area contributed by atoms with Crippen LogP contribution in [0.15, 0.2) is 18.3 Å². The van der Waals surface area contributed by atoms with E-state index in [4.69, 9.17) is 0 Å². The number of carbonyl (C=O) groups excluding carboxylic acids is 2. The first-order valence-corrected chi connectivity index (χ1v) is 3.23. The Balaban J connectivity index is 2.91. The summed E-state index contributed by atoms with van der Waals surface area (Å²) in [5, 5.41) is 0. The molecule has 0 N–H and O–H groups in total. The van der Waals surface area contributed by atoms with Crippen LogP contribution in [0.4, 0.5) is 0 Å². The molecule has 0 unspecified atom stereocenters. The zero-order chi connectivity index (χ0) is 8.81. The quantitative estimate of drug-likeness (QED) is 0.441. The van der Waals surface area contributed by atoms with E-state index in [9.17, 15) is 9.59 Å². The number of hydrogen-bond donors (Lipinski definition) is 0. The second kappa shape index (κ2) is 4.04. The first kappa shape index (κ1) is 8.15. The fraction of sp³-hybridized carbons (Fsp3) is 0. The van der Waals surface area contributed by atoms with E-state index in [1.165, 1.54) is 6.20 Å². The molecule has 0 aliphatic carbocycles. The molecule has 0 aliphatic heterocycles. The van der Waals surface area contributed by atoms with Crippen molar-refractivity contribution in [3.8, 4) is 11.8 Å². The molecule has 0 atom stereocenters. The molecule has 58 valence electrons. The van der Waals surface area contributed by atoms with Gasteiger partial charge in [0.2, 0.25) is 0 Å². The second-order valence-corrected chi connectivity index (χ2v) is 1.98. The molecule has 0 fully saturated rings. The average Bonchev–Trinajstić information content (AvgIpc) is 2.15. The van der Waals surface area contributed by atoms with Crippen LogP contribution in [0.5, 0.6) is 0 Å². The SMILES string of the molecule is O=CC#Cc1ccc(C=O)nc1. The van der Waals surface area contributed by atoms with E-state index in [2.05, 4.69) is 16.8 Å². The number of carbonyl (C=O) groups is 2. The van der Waals surface area contributed by atoms with Crippen molar-refractivity contribution in [2.45, 2.75) is 0 Å². The molecular weight excluding hydrogens is 154 g/mol. The fourth-order valence-electron chi connectivity index (χ4n) is 0.662. The van der Waals surface area contributed by atoms with Crippen molar-refractivity contribution in [3.05, 3.63) is 29.6 Å². The van der Waals surface area contributed by atoms with Gasteiger partial charge in [0.25, 0.3) is 0 Å². The summed E-state index contributed by atoms with van der Waals surface area (Å²) in [6.45, 7) is 0. The van der Waals surface area contributed by atoms with Gasteiger partial charge in [-0.05, 0) is 18.1 Å². The number of aromatic nitrogens is 1. The van der Waals surface area contributed by atoms with Gasteiger partial charge in [-0.25, -0.2) is 0 Å². The van der Waals surface area contributed by atoms with Gasteiger partial charge in [-0.1, -0.05) is 5.92 Å². The van der Waals surface area contributed by atoms with Gasteiger partial charge in [0, 0.05) is 11.8 Å². The normalized spacial score (nSPS) is 8.00. The van der Waals surface area contributed by atoms with Gasteiger partial charge in [-0.2, -0.15) is 0 Å². The van der Waals surface area contributed by atoms with Crippen molar-refractivity contribution in [2.24, 2.45) is 0 Å². The Bertz CT molecular complexity index is 343. The van der Waals surface area contributed by atoms with Crippen LogP contribution in [0.1, 0.15) is 16.1 Å². The van der Waals surface area contributed by atoms with Gasteiger partial charge in [-0.3, -0.25) is 14.6 Å². The summed E-state index contributed by atoms with van der Waals surface area (Å²) in [6.07, 6.45) is 2.60. The summed E-state index contributed by atoms with van der Waals surface area (Å²) in [4.78, 5) is 23.8. The summed E-state index contributed by atoms with van der Waals surface area (Å²) in [5.41, 5.74) is 0.972. The maximum Gasteiger partial charge on any atom is 0.193 e. The number of nitrogens with zero attached hydrogens (tertiary/aromatic N) is 1. The lowest BCUT2D eigenvalue weighted by Crippen LogP contribution is -1.85. The first-order chi connectivity index (χ1) is 5.86. The minimum atomic E-state index is 0.353. The van der Waals surface area contributed by atoms with Crippen molar-refractivity contribution in [1.29, 1.82) is 0 Å². The highest BCUT2D eigenvalue weighted by Crippen LogP contribution is 1.95. The predicted molar refractivity (Wildman–Crippen MR) is 42.6 cm³/mol. The van der Waals surface area contributed by atoms with Gasteiger partial charge in [0.05, 0.1) is 0 Å². The minimum absolute atomic E-state index is 0.353. The summed E-state index contributed by atoms with van der Waals surface area (Å²) in [5.74, 6) is 4.79. The molecule has 0 radical (unpaired) electrons. The Morgan fingerprint density at radius 3 is 2.67 bits per heavy atom. The molecule has 0 saturated heterocycles. The smallest absolute Gasteiger partial charge is 0.193 e. The van der Waals surface area contributed by atoms with Crippen LogP contribution >= 0.6 is 0 Å². The number of rotatable bonds is 1. The maximum absolute atomic E-state index is 10.2. The lowest BCUT2D eigenvalue weighted by molar-refractivity contribution is -0.103. The Morgan fingerprint density at radius 1 is 1.33 bits per heavy atom. The van der Waals surface area contributed by atoms with Crippen molar-refractivity contribution in [2.75, 3.05) is 0 Å². The lowest BCUT2D eigenvalue weighted by atomic mass is 10.2. The van der Waals surface area contributed by atoms with Crippen LogP contribution in [-0.2, 0) is 4.79 Å².